The largest absolute Gasteiger partial charge is 0.368 e. The van der Waals surface area contributed by atoms with E-state index in [0.717, 1.165) is 37.0 Å². The van der Waals surface area contributed by atoms with Crippen molar-refractivity contribution < 1.29 is 9.53 Å². The maximum Gasteiger partial charge on any atom is 0.169 e. The van der Waals surface area contributed by atoms with E-state index >= 15 is 0 Å². The Kier molecular flexibility index (Phi) is 3.87. The summed E-state index contributed by atoms with van der Waals surface area (Å²) in [5.41, 5.74) is 0.667. The molecule has 0 radical (unpaired) electrons. The van der Waals surface area contributed by atoms with Crippen molar-refractivity contribution in [2.75, 3.05) is 6.61 Å². The van der Waals surface area contributed by atoms with Crippen LogP contribution in [0, 0.1) is 5.41 Å². The number of rotatable bonds is 4. The van der Waals surface area contributed by atoms with Crippen molar-refractivity contribution in [2.24, 2.45) is 5.41 Å². The molecule has 0 amide bonds. The van der Waals surface area contributed by atoms with Crippen molar-refractivity contribution in [3.8, 4) is 0 Å². The van der Waals surface area contributed by atoms with Gasteiger partial charge >= 0.3 is 0 Å². The number of hydrogen-bond donors (Lipinski definition) is 0. The maximum absolute atomic E-state index is 10.8. The summed E-state index contributed by atoms with van der Waals surface area (Å²) in [5.74, 6) is 0. The van der Waals surface area contributed by atoms with E-state index in [-0.39, 0.29) is 5.60 Å². The number of carbonyl (C=O) groups is 1. The van der Waals surface area contributed by atoms with Crippen LogP contribution in [0.4, 0.5) is 0 Å². The molecule has 0 N–H and O–H groups in total. The molecule has 3 nitrogen and oxygen atoms in total. The molecule has 0 unspecified atom stereocenters. The van der Waals surface area contributed by atoms with E-state index in [0.29, 0.717) is 17.7 Å². The molecule has 0 saturated heterocycles. The summed E-state index contributed by atoms with van der Waals surface area (Å²) < 4.78 is 6.04. The topological polar surface area (TPSA) is 39.2 Å². The molecule has 100 valence electrons. The highest BCUT2D eigenvalue weighted by Gasteiger charge is 2.42. The predicted molar refractivity (Wildman–Crippen MR) is 73.1 cm³/mol. The average molecular weight is 267 g/mol. The molecular formula is C14H21NO2S. The minimum absolute atomic E-state index is 0.254. The van der Waals surface area contributed by atoms with Gasteiger partial charge in [0.25, 0.3) is 0 Å². The molecule has 1 aliphatic rings. The second-order valence-electron chi connectivity index (χ2n) is 5.79. The summed E-state index contributed by atoms with van der Waals surface area (Å²) in [6.45, 7) is 7.33. The van der Waals surface area contributed by atoms with E-state index in [1.807, 2.05) is 12.3 Å². The molecule has 1 aromatic heterocycles. The lowest BCUT2D eigenvalue weighted by atomic mass is 9.71. The summed E-state index contributed by atoms with van der Waals surface area (Å²) >= 11 is 1.55. The van der Waals surface area contributed by atoms with Crippen LogP contribution in [0.25, 0.3) is 0 Å². The molecule has 0 aromatic carbocycles. The third-order valence-corrected chi connectivity index (χ3v) is 4.91. The third-order valence-electron chi connectivity index (χ3n) is 3.86. The van der Waals surface area contributed by atoms with Crippen molar-refractivity contribution in [1.29, 1.82) is 0 Å². The molecule has 0 aliphatic heterocycles. The van der Waals surface area contributed by atoms with Crippen molar-refractivity contribution in [3.05, 3.63) is 16.1 Å². The second kappa shape index (κ2) is 5.10. The van der Waals surface area contributed by atoms with Crippen molar-refractivity contribution in [3.63, 3.8) is 0 Å². The lowest BCUT2D eigenvalue weighted by Gasteiger charge is -2.42. The number of carbonyl (C=O) groups excluding carboxylic acids is 1. The Morgan fingerprint density at radius 2 is 2.06 bits per heavy atom. The fraction of sp³-hybridized carbons (Fsp3) is 0.714. The first-order valence-corrected chi connectivity index (χ1v) is 7.44. The van der Waals surface area contributed by atoms with E-state index in [1.165, 1.54) is 0 Å². The van der Waals surface area contributed by atoms with Crippen LogP contribution in [0.5, 0.6) is 0 Å². The first kappa shape index (κ1) is 13.7. The van der Waals surface area contributed by atoms with Crippen LogP contribution in [0.15, 0.2) is 5.38 Å². The van der Waals surface area contributed by atoms with Crippen LogP contribution >= 0.6 is 11.3 Å². The molecule has 0 bridgehead atoms. The van der Waals surface area contributed by atoms with Gasteiger partial charge < -0.3 is 4.74 Å². The van der Waals surface area contributed by atoms with Gasteiger partial charge in [-0.15, -0.1) is 11.3 Å². The lowest BCUT2D eigenvalue weighted by molar-refractivity contribution is -0.0890. The quantitative estimate of drug-likeness (QED) is 0.779. The fourth-order valence-electron chi connectivity index (χ4n) is 2.58. The molecule has 2 rings (SSSR count). The van der Waals surface area contributed by atoms with Gasteiger partial charge in [0.2, 0.25) is 0 Å². The molecule has 0 spiro atoms. The zero-order chi connectivity index (χ0) is 13.2. The highest BCUT2D eigenvalue weighted by atomic mass is 32.1. The zero-order valence-corrected chi connectivity index (χ0v) is 12.2. The van der Waals surface area contributed by atoms with Crippen LogP contribution in [-0.2, 0) is 10.3 Å². The second-order valence-corrected chi connectivity index (χ2v) is 6.64. The van der Waals surface area contributed by atoms with Gasteiger partial charge in [0.1, 0.15) is 16.3 Å². The summed E-state index contributed by atoms with van der Waals surface area (Å²) in [4.78, 5) is 15.2. The van der Waals surface area contributed by atoms with Gasteiger partial charge in [-0.1, -0.05) is 13.8 Å². The first-order valence-electron chi connectivity index (χ1n) is 6.56. The van der Waals surface area contributed by atoms with Gasteiger partial charge in [-0.25, -0.2) is 4.98 Å². The van der Waals surface area contributed by atoms with Crippen molar-refractivity contribution in [1.82, 2.24) is 4.98 Å². The smallest absolute Gasteiger partial charge is 0.169 e. The molecule has 1 fully saturated rings. The normalized spacial score (nSPS) is 21.7. The van der Waals surface area contributed by atoms with Gasteiger partial charge in [-0.2, -0.15) is 0 Å². The summed E-state index contributed by atoms with van der Waals surface area (Å²) in [6.07, 6.45) is 5.09. The Bertz CT molecular complexity index is 415. The van der Waals surface area contributed by atoms with Gasteiger partial charge in [0.05, 0.1) is 0 Å². The number of hydrogen-bond acceptors (Lipinski definition) is 4. The lowest BCUT2D eigenvalue weighted by Crippen LogP contribution is -2.37. The van der Waals surface area contributed by atoms with Gasteiger partial charge in [0, 0.05) is 12.0 Å². The number of aldehydes is 1. The van der Waals surface area contributed by atoms with E-state index in [2.05, 4.69) is 18.8 Å². The van der Waals surface area contributed by atoms with Crippen molar-refractivity contribution in [2.45, 2.75) is 52.1 Å². The third kappa shape index (κ3) is 2.64. The Hall–Kier alpha value is -0.740. The van der Waals surface area contributed by atoms with Crippen LogP contribution in [0.2, 0.25) is 0 Å². The van der Waals surface area contributed by atoms with Gasteiger partial charge in [-0.05, 0) is 38.0 Å². The molecular weight excluding hydrogens is 246 g/mol. The maximum atomic E-state index is 10.8. The van der Waals surface area contributed by atoms with E-state index in [1.54, 1.807) is 11.3 Å². The van der Waals surface area contributed by atoms with E-state index < -0.39 is 0 Å². The molecule has 1 aromatic rings. The fourth-order valence-corrected chi connectivity index (χ4v) is 3.55. The Labute approximate surface area is 113 Å². The highest BCUT2D eigenvalue weighted by Crippen LogP contribution is 2.48. The average Bonchev–Trinajstić information content (AvgIpc) is 2.82. The number of nitrogens with zero attached hydrogens (tertiary/aromatic N) is 1. The summed E-state index contributed by atoms with van der Waals surface area (Å²) in [6, 6.07) is 0. The van der Waals surface area contributed by atoms with Crippen molar-refractivity contribution >= 4 is 17.6 Å². The zero-order valence-electron chi connectivity index (χ0n) is 11.4. The standard InChI is InChI=1S/C14H21NO2S/c1-4-17-14(7-5-13(2,3)6-8-14)12-15-11(9-16)10-18-12/h9-10H,4-8H2,1-3H3. The minimum atomic E-state index is -0.254. The van der Waals surface area contributed by atoms with Crippen LogP contribution in [0.1, 0.15) is 62.0 Å². The summed E-state index contributed by atoms with van der Waals surface area (Å²) in [7, 11) is 0. The number of thiazole rings is 1. The van der Waals surface area contributed by atoms with E-state index in [4.69, 9.17) is 4.74 Å². The van der Waals surface area contributed by atoms with Crippen LogP contribution < -0.4 is 0 Å². The predicted octanol–water partition coefficient (Wildman–Crippen LogP) is 3.79. The summed E-state index contributed by atoms with van der Waals surface area (Å²) in [5, 5.41) is 2.80. The monoisotopic (exact) mass is 267 g/mol. The number of aromatic nitrogens is 1. The molecule has 1 saturated carbocycles. The Morgan fingerprint density at radius 3 is 2.56 bits per heavy atom. The van der Waals surface area contributed by atoms with Gasteiger partial charge in [-0.3, -0.25) is 4.79 Å². The molecule has 18 heavy (non-hydrogen) atoms. The van der Waals surface area contributed by atoms with E-state index in [9.17, 15) is 4.79 Å². The van der Waals surface area contributed by atoms with Crippen LogP contribution in [0.3, 0.4) is 0 Å². The highest BCUT2D eigenvalue weighted by molar-refractivity contribution is 7.10. The molecule has 0 atom stereocenters. The SMILES string of the molecule is CCOC1(c2nc(C=O)cs2)CCC(C)(C)CC1. The number of ether oxygens (including phenoxy) is 1. The minimum Gasteiger partial charge on any atom is -0.368 e. The van der Waals surface area contributed by atoms with Crippen LogP contribution in [-0.4, -0.2) is 17.9 Å². The van der Waals surface area contributed by atoms with Gasteiger partial charge in [0.15, 0.2) is 6.29 Å². The molecule has 4 heteroatoms. The Balaban J connectivity index is 2.24. The molecule has 1 heterocycles. The first-order chi connectivity index (χ1) is 8.51. The Morgan fingerprint density at radius 1 is 1.39 bits per heavy atom. The molecule has 1 aliphatic carbocycles.